The Morgan fingerprint density at radius 2 is 1.78 bits per heavy atom. The first-order chi connectivity index (χ1) is 11.0. The number of amides is 1. The van der Waals surface area contributed by atoms with Crippen LogP contribution in [-0.2, 0) is 0 Å². The monoisotopic (exact) mass is 329 g/mol. The smallest absolute Gasteiger partial charge is 0.266 e. The Balaban J connectivity index is 1.91. The van der Waals surface area contributed by atoms with Gasteiger partial charge in [0, 0.05) is 11.6 Å². The van der Waals surface area contributed by atoms with Crippen LogP contribution in [0.5, 0.6) is 0 Å². The minimum atomic E-state index is -0.673. The fourth-order valence-electron chi connectivity index (χ4n) is 2.22. The lowest BCUT2D eigenvalue weighted by molar-refractivity contribution is 0.103. The van der Waals surface area contributed by atoms with Crippen molar-refractivity contribution in [2.75, 3.05) is 5.32 Å². The molecule has 0 atom stereocenters. The van der Waals surface area contributed by atoms with Crippen molar-refractivity contribution in [2.45, 2.75) is 6.92 Å². The maximum Gasteiger partial charge on any atom is 0.266 e. The minimum Gasteiger partial charge on any atom is -0.319 e. The van der Waals surface area contributed by atoms with Crippen LogP contribution < -0.4 is 5.32 Å². The molecule has 2 nitrogen and oxygen atoms in total. The lowest BCUT2D eigenvalue weighted by atomic mass is 10.0. The van der Waals surface area contributed by atoms with Gasteiger partial charge in [-0.1, -0.05) is 29.8 Å². The number of halogens is 2. The molecule has 0 bridgehead atoms. The van der Waals surface area contributed by atoms with E-state index >= 15 is 0 Å². The summed E-state index contributed by atoms with van der Waals surface area (Å²) >= 11 is 1.26. The number of aryl methyl sites for hydroxylation is 1. The Labute approximate surface area is 136 Å². The summed E-state index contributed by atoms with van der Waals surface area (Å²) in [6.07, 6.45) is 0. The fourth-order valence-corrected chi connectivity index (χ4v) is 3.03. The largest absolute Gasteiger partial charge is 0.319 e. The normalized spacial score (nSPS) is 10.6. The van der Waals surface area contributed by atoms with E-state index in [-0.39, 0.29) is 5.69 Å². The molecule has 23 heavy (non-hydrogen) atoms. The van der Waals surface area contributed by atoms with Crippen LogP contribution >= 0.6 is 11.3 Å². The van der Waals surface area contributed by atoms with Crippen LogP contribution in [0.1, 0.15) is 15.2 Å². The molecule has 116 valence electrons. The molecule has 3 rings (SSSR count). The third kappa shape index (κ3) is 3.29. The van der Waals surface area contributed by atoms with E-state index in [9.17, 15) is 13.6 Å². The van der Waals surface area contributed by atoms with Gasteiger partial charge in [-0.05, 0) is 36.1 Å². The number of rotatable bonds is 3. The summed E-state index contributed by atoms with van der Waals surface area (Å²) in [5, 5.41) is 4.23. The zero-order chi connectivity index (χ0) is 16.4. The Bertz CT molecular complexity index is 856. The first-order valence-electron chi connectivity index (χ1n) is 6.95. The molecular weight excluding hydrogens is 316 g/mol. The van der Waals surface area contributed by atoms with Gasteiger partial charge in [0.05, 0.1) is 10.6 Å². The van der Waals surface area contributed by atoms with Crippen molar-refractivity contribution in [2.24, 2.45) is 0 Å². The van der Waals surface area contributed by atoms with Gasteiger partial charge in [-0.25, -0.2) is 8.78 Å². The van der Waals surface area contributed by atoms with E-state index in [2.05, 4.69) is 5.32 Å². The van der Waals surface area contributed by atoms with Crippen molar-refractivity contribution in [1.82, 2.24) is 0 Å². The van der Waals surface area contributed by atoms with Gasteiger partial charge in [0.1, 0.15) is 11.6 Å². The van der Waals surface area contributed by atoms with Crippen LogP contribution in [0.15, 0.2) is 53.9 Å². The molecule has 2 aromatic carbocycles. The van der Waals surface area contributed by atoms with Crippen molar-refractivity contribution in [3.63, 3.8) is 0 Å². The van der Waals surface area contributed by atoms with Crippen LogP contribution in [0.25, 0.3) is 11.1 Å². The quantitative estimate of drug-likeness (QED) is 0.698. The molecule has 0 unspecified atom stereocenters. The predicted molar refractivity (Wildman–Crippen MR) is 88.8 cm³/mol. The lowest BCUT2D eigenvalue weighted by Gasteiger charge is -2.08. The van der Waals surface area contributed by atoms with Crippen LogP contribution in [-0.4, -0.2) is 5.91 Å². The van der Waals surface area contributed by atoms with E-state index in [0.29, 0.717) is 4.88 Å². The highest BCUT2D eigenvalue weighted by atomic mass is 32.1. The second-order valence-electron chi connectivity index (χ2n) is 5.11. The van der Waals surface area contributed by atoms with E-state index in [1.54, 1.807) is 5.38 Å². The highest BCUT2D eigenvalue weighted by Crippen LogP contribution is 2.29. The van der Waals surface area contributed by atoms with Crippen LogP contribution in [0.3, 0.4) is 0 Å². The lowest BCUT2D eigenvalue weighted by Crippen LogP contribution is -2.12. The molecule has 0 saturated carbocycles. The van der Waals surface area contributed by atoms with Crippen molar-refractivity contribution >= 4 is 22.9 Å². The summed E-state index contributed by atoms with van der Waals surface area (Å²) in [6, 6.07) is 12.6. The van der Waals surface area contributed by atoms with Gasteiger partial charge in [0.15, 0.2) is 0 Å². The molecule has 5 heteroatoms. The van der Waals surface area contributed by atoms with E-state index in [1.165, 1.54) is 11.3 Å². The standard InChI is InChI=1S/C18H13F2NOS/c1-11-2-4-12(5-3-11)14-8-9-23-17(14)18(22)21-16-10-13(19)6-7-15(16)20/h2-10H,1H3,(H,21,22). The topological polar surface area (TPSA) is 29.1 Å². The summed E-state index contributed by atoms with van der Waals surface area (Å²) in [5.74, 6) is -1.74. The number of benzene rings is 2. The van der Waals surface area contributed by atoms with E-state index in [0.717, 1.165) is 34.9 Å². The van der Waals surface area contributed by atoms with Gasteiger partial charge in [-0.15, -0.1) is 11.3 Å². The van der Waals surface area contributed by atoms with Crippen LogP contribution in [0, 0.1) is 18.6 Å². The number of carbonyl (C=O) groups is 1. The molecule has 0 saturated heterocycles. The number of anilines is 1. The first-order valence-corrected chi connectivity index (χ1v) is 7.83. The fraction of sp³-hybridized carbons (Fsp3) is 0.0556. The molecule has 3 aromatic rings. The van der Waals surface area contributed by atoms with E-state index < -0.39 is 17.5 Å². The number of carbonyl (C=O) groups excluding carboxylic acids is 1. The molecule has 0 aliphatic heterocycles. The third-order valence-corrected chi connectivity index (χ3v) is 4.32. The highest BCUT2D eigenvalue weighted by Gasteiger charge is 2.16. The van der Waals surface area contributed by atoms with Gasteiger partial charge < -0.3 is 5.32 Å². The second-order valence-corrected chi connectivity index (χ2v) is 6.02. The van der Waals surface area contributed by atoms with Crippen molar-refractivity contribution in [3.05, 3.63) is 76.0 Å². The Hall–Kier alpha value is -2.53. The summed E-state index contributed by atoms with van der Waals surface area (Å²) in [6.45, 7) is 1.98. The average molecular weight is 329 g/mol. The first kappa shape index (κ1) is 15.4. The summed E-state index contributed by atoms with van der Waals surface area (Å²) < 4.78 is 26.9. The van der Waals surface area contributed by atoms with Crippen LogP contribution in [0.2, 0.25) is 0 Å². The maximum atomic E-state index is 13.7. The molecular formula is C18H13F2NOS. The second kappa shape index (κ2) is 6.30. The highest BCUT2D eigenvalue weighted by molar-refractivity contribution is 7.12. The SMILES string of the molecule is Cc1ccc(-c2ccsc2C(=O)Nc2cc(F)ccc2F)cc1. The van der Waals surface area contributed by atoms with Gasteiger partial charge in [0.25, 0.3) is 5.91 Å². The Morgan fingerprint density at radius 1 is 1.04 bits per heavy atom. The molecule has 0 fully saturated rings. The van der Waals surface area contributed by atoms with Gasteiger partial charge in [0.2, 0.25) is 0 Å². The van der Waals surface area contributed by atoms with E-state index in [1.807, 2.05) is 37.3 Å². The summed E-state index contributed by atoms with van der Waals surface area (Å²) in [7, 11) is 0. The minimum absolute atomic E-state index is 0.168. The summed E-state index contributed by atoms with van der Waals surface area (Å²) in [4.78, 5) is 12.9. The Kier molecular flexibility index (Phi) is 4.21. The molecule has 1 heterocycles. The van der Waals surface area contributed by atoms with Gasteiger partial charge >= 0.3 is 0 Å². The zero-order valence-corrected chi connectivity index (χ0v) is 13.1. The number of nitrogens with one attached hydrogen (secondary N) is 1. The molecule has 0 spiro atoms. The van der Waals surface area contributed by atoms with Gasteiger partial charge in [-0.2, -0.15) is 0 Å². The molecule has 1 aromatic heterocycles. The molecule has 0 aliphatic rings. The Morgan fingerprint density at radius 3 is 2.52 bits per heavy atom. The number of hydrogen-bond acceptors (Lipinski definition) is 2. The summed E-state index contributed by atoms with van der Waals surface area (Å²) in [5.41, 5.74) is 2.63. The molecule has 1 amide bonds. The number of thiophene rings is 1. The van der Waals surface area contributed by atoms with Crippen molar-refractivity contribution in [1.29, 1.82) is 0 Å². The third-order valence-electron chi connectivity index (χ3n) is 3.41. The van der Waals surface area contributed by atoms with E-state index in [4.69, 9.17) is 0 Å². The van der Waals surface area contributed by atoms with Crippen LogP contribution in [0.4, 0.5) is 14.5 Å². The molecule has 0 radical (unpaired) electrons. The molecule has 0 aliphatic carbocycles. The number of hydrogen-bond donors (Lipinski definition) is 1. The zero-order valence-electron chi connectivity index (χ0n) is 12.3. The van der Waals surface area contributed by atoms with Crippen molar-refractivity contribution < 1.29 is 13.6 Å². The molecule has 1 N–H and O–H groups in total. The van der Waals surface area contributed by atoms with Crippen molar-refractivity contribution in [3.8, 4) is 11.1 Å². The maximum absolute atomic E-state index is 13.7. The van der Waals surface area contributed by atoms with Gasteiger partial charge in [-0.3, -0.25) is 4.79 Å². The predicted octanol–water partition coefficient (Wildman–Crippen LogP) is 5.25. The average Bonchev–Trinajstić information content (AvgIpc) is 3.01.